The number of aromatic nitrogens is 3. The summed E-state index contributed by atoms with van der Waals surface area (Å²) in [5.41, 5.74) is 3.89. The highest BCUT2D eigenvalue weighted by atomic mass is 35.5. The summed E-state index contributed by atoms with van der Waals surface area (Å²) >= 11 is 7.55. The predicted molar refractivity (Wildman–Crippen MR) is 120 cm³/mol. The number of amides is 1. The first-order valence-corrected chi connectivity index (χ1v) is 10.5. The van der Waals surface area contributed by atoms with Crippen molar-refractivity contribution in [2.75, 3.05) is 10.6 Å². The van der Waals surface area contributed by atoms with Gasteiger partial charge >= 0.3 is 0 Å². The minimum Gasteiger partial charge on any atom is -0.378 e. The number of hydrogen-bond acceptors (Lipinski definition) is 5. The molecule has 1 aromatic heterocycles. The van der Waals surface area contributed by atoms with E-state index in [9.17, 15) is 4.79 Å². The van der Waals surface area contributed by atoms with Crippen molar-refractivity contribution in [2.24, 2.45) is 7.05 Å². The van der Waals surface area contributed by atoms with Gasteiger partial charge in [-0.2, -0.15) is 0 Å². The average molecular weight is 430 g/mol. The van der Waals surface area contributed by atoms with Crippen molar-refractivity contribution in [1.29, 1.82) is 0 Å². The second kappa shape index (κ2) is 9.33. The van der Waals surface area contributed by atoms with Crippen molar-refractivity contribution < 1.29 is 4.79 Å². The van der Waals surface area contributed by atoms with Gasteiger partial charge in [0.15, 0.2) is 11.0 Å². The van der Waals surface area contributed by atoms with Crippen LogP contribution >= 0.6 is 23.4 Å². The standard InChI is InChI=1S/C21H24ClN5OS/c1-13-5-8-16(9-6-13)24-20(28)15(3)29-21-26-25-19(27(21)4)12-23-17-10-7-14(2)18(22)11-17/h5-11,15,23H,12H2,1-4H3,(H,24,28)/t15-/m0/s1. The Morgan fingerprint density at radius 2 is 1.83 bits per heavy atom. The van der Waals surface area contributed by atoms with E-state index in [4.69, 9.17) is 11.6 Å². The Morgan fingerprint density at radius 1 is 1.14 bits per heavy atom. The van der Waals surface area contributed by atoms with Crippen molar-refractivity contribution in [3.63, 3.8) is 0 Å². The second-order valence-corrected chi connectivity index (χ2v) is 8.61. The maximum Gasteiger partial charge on any atom is 0.237 e. The lowest BCUT2D eigenvalue weighted by Crippen LogP contribution is -2.22. The minimum atomic E-state index is -0.309. The van der Waals surface area contributed by atoms with Crippen LogP contribution in [0.5, 0.6) is 0 Å². The zero-order valence-corrected chi connectivity index (χ0v) is 18.4. The molecule has 0 saturated carbocycles. The molecule has 1 amide bonds. The highest BCUT2D eigenvalue weighted by Gasteiger charge is 2.19. The van der Waals surface area contributed by atoms with E-state index in [0.717, 1.165) is 33.3 Å². The van der Waals surface area contributed by atoms with Crippen LogP contribution in [0.2, 0.25) is 5.02 Å². The Morgan fingerprint density at radius 3 is 2.52 bits per heavy atom. The summed E-state index contributed by atoms with van der Waals surface area (Å²) < 4.78 is 1.89. The van der Waals surface area contributed by atoms with Crippen LogP contribution < -0.4 is 10.6 Å². The van der Waals surface area contributed by atoms with Crippen LogP contribution in [0.3, 0.4) is 0 Å². The average Bonchev–Trinajstić information content (AvgIpc) is 3.04. The summed E-state index contributed by atoms with van der Waals surface area (Å²) in [5.74, 6) is 0.700. The van der Waals surface area contributed by atoms with Crippen molar-refractivity contribution in [3.8, 4) is 0 Å². The molecule has 29 heavy (non-hydrogen) atoms. The zero-order valence-electron chi connectivity index (χ0n) is 16.9. The van der Waals surface area contributed by atoms with Gasteiger partial charge in [-0.15, -0.1) is 10.2 Å². The fraction of sp³-hybridized carbons (Fsp3) is 0.286. The maximum absolute atomic E-state index is 12.5. The van der Waals surface area contributed by atoms with Crippen LogP contribution in [0.25, 0.3) is 0 Å². The summed E-state index contributed by atoms with van der Waals surface area (Å²) in [6.07, 6.45) is 0. The first-order valence-electron chi connectivity index (χ1n) is 9.26. The highest BCUT2D eigenvalue weighted by molar-refractivity contribution is 8.00. The molecule has 0 spiro atoms. The Kier molecular flexibility index (Phi) is 6.82. The molecular formula is C21H24ClN5OS. The zero-order chi connectivity index (χ0) is 21.0. The van der Waals surface area contributed by atoms with E-state index in [2.05, 4.69) is 20.8 Å². The smallest absolute Gasteiger partial charge is 0.237 e. The van der Waals surface area contributed by atoms with Gasteiger partial charge in [0.2, 0.25) is 5.91 Å². The largest absolute Gasteiger partial charge is 0.378 e. The number of rotatable bonds is 7. The van der Waals surface area contributed by atoms with Gasteiger partial charge in [0.1, 0.15) is 0 Å². The van der Waals surface area contributed by atoms with Crippen LogP contribution in [0.15, 0.2) is 47.6 Å². The number of anilines is 2. The molecule has 0 bridgehead atoms. The molecule has 0 fully saturated rings. The third-order valence-corrected chi connectivity index (χ3v) is 6.06. The van der Waals surface area contributed by atoms with E-state index in [1.54, 1.807) is 0 Å². The Labute approximate surface area is 180 Å². The first-order chi connectivity index (χ1) is 13.8. The van der Waals surface area contributed by atoms with Gasteiger partial charge in [-0.05, 0) is 50.6 Å². The van der Waals surface area contributed by atoms with Gasteiger partial charge < -0.3 is 15.2 Å². The molecule has 0 radical (unpaired) electrons. The SMILES string of the molecule is Cc1ccc(NC(=O)[C@H](C)Sc2nnc(CNc3ccc(C)c(Cl)c3)n2C)cc1. The lowest BCUT2D eigenvalue weighted by Gasteiger charge is -2.12. The summed E-state index contributed by atoms with van der Waals surface area (Å²) in [5, 5.41) is 15.8. The molecule has 0 unspecified atom stereocenters. The van der Waals surface area contributed by atoms with Crippen molar-refractivity contribution in [2.45, 2.75) is 37.7 Å². The van der Waals surface area contributed by atoms with Gasteiger partial charge in [0.25, 0.3) is 0 Å². The number of thioether (sulfide) groups is 1. The first kappa shape index (κ1) is 21.2. The molecule has 8 heteroatoms. The van der Waals surface area contributed by atoms with Crippen molar-refractivity contribution in [1.82, 2.24) is 14.8 Å². The van der Waals surface area contributed by atoms with E-state index in [0.29, 0.717) is 11.7 Å². The molecule has 1 atom stereocenters. The third kappa shape index (κ3) is 5.52. The van der Waals surface area contributed by atoms with Crippen LogP contribution in [-0.2, 0) is 18.4 Å². The Hall–Kier alpha value is -2.51. The van der Waals surface area contributed by atoms with Gasteiger partial charge in [-0.1, -0.05) is 47.1 Å². The van der Waals surface area contributed by atoms with Gasteiger partial charge in [0, 0.05) is 23.4 Å². The van der Waals surface area contributed by atoms with Crippen molar-refractivity contribution >= 4 is 40.6 Å². The van der Waals surface area contributed by atoms with Crippen molar-refractivity contribution in [3.05, 3.63) is 64.4 Å². The fourth-order valence-electron chi connectivity index (χ4n) is 2.58. The number of carbonyl (C=O) groups is 1. The third-order valence-electron chi connectivity index (χ3n) is 4.52. The van der Waals surface area contributed by atoms with Gasteiger partial charge in [0.05, 0.1) is 11.8 Å². The van der Waals surface area contributed by atoms with E-state index in [-0.39, 0.29) is 11.2 Å². The van der Waals surface area contributed by atoms with E-state index >= 15 is 0 Å². The molecule has 0 aliphatic rings. The number of benzene rings is 2. The fourth-order valence-corrected chi connectivity index (χ4v) is 3.59. The topological polar surface area (TPSA) is 71.8 Å². The number of aryl methyl sites for hydroxylation is 2. The summed E-state index contributed by atoms with van der Waals surface area (Å²) in [7, 11) is 1.89. The lowest BCUT2D eigenvalue weighted by atomic mass is 10.2. The Balaban J connectivity index is 1.58. The number of nitrogens with one attached hydrogen (secondary N) is 2. The van der Waals surface area contributed by atoms with E-state index < -0.39 is 0 Å². The monoisotopic (exact) mass is 429 g/mol. The molecule has 0 aliphatic carbocycles. The number of carbonyl (C=O) groups excluding carboxylic acids is 1. The van der Waals surface area contributed by atoms with Crippen LogP contribution in [0, 0.1) is 13.8 Å². The Bertz CT molecular complexity index is 1000. The summed E-state index contributed by atoms with van der Waals surface area (Å²) in [6, 6.07) is 13.6. The molecule has 3 rings (SSSR count). The lowest BCUT2D eigenvalue weighted by molar-refractivity contribution is -0.115. The summed E-state index contributed by atoms with van der Waals surface area (Å²) in [4.78, 5) is 12.5. The molecule has 3 aromatic rings. The number of nitrogens with zero attached hydrogens (tertiary/aromatic N) is 3. The molecule has 0 aliphatic heterocycles. The molecule has 0 saturated heterocycles. The second-order valence-electron chi connectivity index (χ2n) is 6.89. The molecular weight excluding hydrogens is 406 g/mol. The molecule has 152 valence electrons. The van der Waals surface area contributed by atoms with Gasteiger partial charge in [-0.25, -0.2) is 0 Å². The van der Waals surface area contributed by atoms with Crippen LogP contribution in [-0.4, -0.2) is 25.9 Å². The van der Waals surface area contributed by atoms with Crippen LogP contribution in [0.1, 0.15) is 23.9 Å². The molecule has 2 aromatic carbocycles. The molecule has 2 N–H and O–H groups in total. The van der Waals surface area contributed by atoms with E-state index in [1.165, 1.54) is 11.8 Å². The number of hydrogen-bond donors (Lipinski definition) is 2. The number of halogens is 1. The van der Waals surface area contributed by atoms with Crippen LogP contribution in [0.4, 0.5) is 11.4 Å². The molecule has 1 heterocycles. The quantitative estimate of drug-likeness (QED) is 0.527. The van der Waals surface area contributed by atoms with E-state index in [1.807, 2.05) is 74.9 Å². The molecule has 6 nitrogen and oxygen atoms in total. The maximum atomic E-state index is 12.5. The normalized spacial score (nSPS) is 11.9. The van der Waals surface area contributed by atoms with Gasteiger partial charge in [-0.3, -0.25) is 4.79 Å². The minimum absolute atomic E-state index is 0.0733. The highest BCUT2D eigenvalue weighted by Crippen LogP contribution is 2.24. The predicted octanol–water partition coefficient (Wildman–Crippen LogP) is 4.82. The summed E-state index contributed by atoms with van der Waals surface area (Å²) in [6.45, 7) is 6.34.